The molecule has 0 bridgehead atoms. The SMILES string of the molecule is COc1ccc(N(c2cc(C)cc(C)c2)c2ccc3c(c2)c2cccc4c2n3-c2ccccc2C4(C)C)cc1. The normalized spacial score (nSPS) is 13.5. The predicted molar refractivity (Wildman–Crippen MR) is 164 cm³/mol. The molecular formula is C36H32N2O. The Morgan fingerprint density at radius 1 is 0.641 bits per heavy atom. The Morgan fingerprint density at radius 3 is 2.08 bits per heavy atom. The molecule has 39 heavy (non-hydrogen) atoms. The summed E-state index contributed by atoms with van der Waals surface area (Å²) in [6, 6.07) is 37.6. The molecule has 3 heteroatoms. The lowest BCUT2D eigenvalue weighted by molar-refractivity contribution is 0.415. The number of hydrogen-bond donors (Lipinski definition) is 0. The summed E-state index contributed by atoms with van der Waals surface area (Å²) in [5.41, 5.74) is 12.4. The number of ether oxygens (including phenoxy) is 1. The van der Waals surface area contributed by atoms with E-state index in [0.29, 0.717) is 0 Å². The van der Waals surface area contributed by atoms with Crippen molar-refractivity contribution in [3.63, 3.8) is 0 Å². The second-order valence-corrected chi connectivity index (χ2v) is 11.3. The highest BCUT2D eigenvalue weighted by Crippen LogP contribution is 2.48. The third-order valence-electron chi connectivity index (χ3n) is 8.32. The van der Waals surface area contributed by atoms with Gasteiger partial charge in [-0.3, -0.25) is 0 Å². The van der Waals surface area contributed by atoms with Crippen molar-refractivity contribution in [2.75, 3.05) is 12.0 Å². The first-order chi connectivity index (χ1) is 18.9. The van der Waals surface area contributed by atoms with Crippen LogP contribution in [0.3, 0.4) is 0 Å². The molecule has 3 nitrogen and oxygen atoms in total. The van der Waals surface area contributed by atoms with E-state index in [-0.39, 0.29) is 5.41 Å². The Labute approximate surface area is 229 Å². The van der Waals surface area contributed by atoms with Crippen LogP contribution >= 0.6 is 0 Å². The van der Waals surface area contributed by atoms with Gasteiger partial charge in [-0.25, -0.2) is 0 Å². The molecule has 6 aromatic rings. The maximum atomic E-state index is 5.46. The number of benzene rings is 5. The summed E-state index contributed by atoms with van der Waals surface area (Å²) in [6.07, 6.45) is 0. The van der Waals surface area contributed by atoms with Crippen molar-refractivity contribution < 1.29 is 4.74 Å². The van der Waals surface area contributed by atoms with Crippen LogP contribution in [0.4, 0.5) is 17.1 Å². The van der Waals surface area contributed by atoms with Crippen molar-refractivity contribution in [1.82, 2.24) is 4.57 Å². The van der Waals surface area contributed by atoms with Crippen molar-refractivity contribution in [3.8, 4) is 11.4 Å². The van der Waals surface area contributed by atoms with Gasteiger partial charge < -0.3 is 14.2 Å². The average Bonchev–Trinajstić information content (AvgIpc) is 3.26. The summed E-state index contributed by atoms with van der Waals surface area (Å²) >= 11 is 0. The van der Waals surface area contributed by atoms with E-state index < -0.39 is 0 Å². The standard InChI is InChI=1S/C36H32N2O/c1-23-19-24(2)21-27(20-23)37(25-13-16-28(39-5)17-14-25)26-15-18-33-30(22-26)29-9-8-11-32-35(29)38(33)34-12-7-6-10-31(34)36(32,3)4/h6-22H,1-5H3. The van der Waals surface area contributed by atoms with E-state index in [4.69, 9.17) is 4.74 Å². The van der Waals surface area contributed by atoms with Crippen LogP contribution in [0.1, 0.15) is 36.1 Å². The van der Waals surface area contributed by atoms with E-state index in [0.717, 1.165) is 22.8 Å². The third-order valence-corrected chi connectivity index (χ3v) is 8.32. The van der Waals surface area contributed by atoms with Crippen LogP contribution in [0.2, 0.25) is 0 Å². The van der Waals surface area contributed by atoms with Gasteiger partial charge in [-0.05, 0) is 96.8 Å². The zero-order chi connectivity index (χ0) is 26.9. The maximum Gasteiger partial charge on any atom is 0.119 e. The number of para-hydroxylation sites is 2. The quantitative estimate of drug-likeness (QED) is 0.236. The van der Waals surface area contributed by atoms with Gasteiger partial charge in [0, 0.05) is 33.2 Å². The molecule has 0 amide bonds. The highest BCUT2D eigenvalue weighted by Gasteiger charge is 2.34. The Morgan fingerprint density at radius 2 is 1.33 bits per heavy atom. The first-order valence-electron chi connectivity index (χ1n) is 13.6. The largest absolute Gasteiger partial charge is 0.497 e. The molecule has 2 heterocycles. The molecule has 0 aliphatic carbocycles. The molecule has 7 rings (SSSR count). The van der Waals surface area contributed by atoms with E-state index >= 15 is 0 Å². The Balaban J connectivity index is 1.52. The molecule has 192 valence electrons. The number of nitrogens with zero attached hydrogens (tertiary/aromatic N) is 2. The van der Waals surface area contributed by atoms with Gasteiger partial charge in [0.25, 0.3) is 0 Å². The lowest BCUT2D eigenvalue weighted by Crippen LogP contribution is -2.26. The maximum absolute atomic E-state index is 5.46. The minimum absolute atomic E-state index is 0.0719. The molecule has 1 aromatic heterocycles. The van der Waals surface area contributed by atoms with Crippen molar-refractivity contribution in [3.05, 3.63) is 125 Å². The number of aryl methyl sites for hydroxylation is 2. The van der Waals surface area contributed by atoms with Gasteiger partial charge in [0.2, 0.25) is 0 Å². The summed E-state index contributed by atoms with van der Waals surface area (Å²) in [7, 11) is 1.71. The van der Waals surface area contributed by atoms with Crippen LogP contribution in [-0.2, 0) is 5.41 Å². The van der Waals surface area contributed by atoms with E-state index in [1.165, 1.54) is 49.7 Å². The lowest BCUT2D eigenvalue weighted by atomic mass is 9.75. The number of hydrogen-bond acceptors (Lipinski definition) is 2. The lowest BCUT2D eigenvalue weighted by Gasteiger charge is -2.34. The molecule has 0 saturated carbocycles. The highest BCUT2D eigenvalue weighted by molar-refractivity contribution is 6.12. The van der Waals surface area contributed by atoms with E-state index in [1.54, 1.807) is 7.11 Å². The van der Waals surface area contributed by atoms with E-state index in [1.807, 2.05) is 12.1 Å². The minimum Gasteiger partial charge on any atom is -0.497 e. The third kappa shape index (κ3) is 3.50. The van der Waals surface area contributed by atoms with Crippen molar-refractivity contribution in [1.29, 1.82) is 0 Å². The fraction of sp³-hybridized carbons (Fsp3) is 0.167. The summed E-state index contributed by atoms with van der Waals surface area (Å²) < 4.78 is 7.93. The fourth-order valence-electron chi connectivity index (χ4n) is 6.55. The van der Waals surface area contributed by atoms with Crippen LogP contribution in [0.5, 0.6) is 5.75 Å². The molecule has 1 aliphatic heterocycles. The van der Waals surface area contributed by atoms with Gasteiger partial charge >= 0.3 is 0 Å². The Kier molecular flexibility index (Phi) is 5.15. The molecule has 0 spiro atoms. The van der Waals surface area contributed by atoms with Crippen molar-refractivity contribution in [2.24, 2.45) is 0 Å². The van der Waals surface area contributed by atoms with Gasteiger partial charge in [-0.1, -0.05) is 56.3 Å². The molecule has 1 aliphatic rings. The van der Waals surface area contributed by atoms with Crippen LogP contribution < -0.4 is 9.64 Å². The monoisotopic (exact) mass is 508 g/mol. The second kappa shape index (κ2) is 8.51. The second-order valence-electron chi connectivity index (χ2n) is 11.3. The fourth-order valence-corrected chi connectivity index (χ4v) is 6.55. The average molecular weight is 509 g/mol. The van der Waals surface area contributed by atoms with Crippen molar-refractivity contribution in [2.45, 2.75) is 33.1 Å². The number of aromatic nitrogens is 1. The van der Waals surface area contributed by atoms with Crippen LogP contribution in [0, 0.1) is 13.8 Å². The van der Waals surface area contributed by atoms with E-state index in [2.05, 4.69) is 128 Å². The topological polar surface area (TPSA) is 17.4 Å². The molecule has 0 unspecified atom stereocenters. The van der Waals surface area contributed by atoms with Crippen molar-refractivity contribution >= 4 is 38.9 Å². The van der Waals surface area contributed by atoms with Gasteiger partial charge in [-0.2, -0.15) is 0 Å². The van der Waals surface area contributed by atoms with Crippen LogP contribution in [0.25, 0.3) is 27.5 Å². The number of fused-ring (bicyclic) bond motifs is 5. The van der Waals surface area contributed by atoms with Gasteiger partial charge in [0.05, 0.1) is 23.8 Å². The molecular weight excluding hydrogens is 476 g/mol. The molecule has 5 aromatic carbocycles. The minimum atomic E-state index is -0.0719. The van der Waals surface area contributed by atoms with Gasteiger partial charge in [0.15, 0.2) is 0 Å². The number of anilines is 3. The Bertz CT molecular complexity index is 1870. The van der Waals surface area contributed by atoms with Gasteiger partial charge in [0.1, 0.15) is 5.75 Å². The van der Waals surface area contributed by atoms with E-state index in [9.17, 15) is 0 Å². The van der Waals surface area contributed by atoms with Crippen LogP contribution in [0.15, 0.2) is 103 Å². The Hall–Kier alpha value is -4.50. The molecule has 0 atom stereocenters. The smallest absolute Gasteiger partial charge is 0.119 e. The first kappa shape index (κ1) is 23.6. The highest BCUT2D eigenvalue weighted by atomic mass is 16.5. The molecule has 0 saturated heterocycles. The number of methoxy groups -OCH3 is 1. The first-order valence-corrected chi connectivity index (χ1v) is 13.6. The van der Waals surface area contributed by atoms with Crippen LogP contribution in [-0.4, -0.2) is 11.7 Å². The zero-order valence-corrected chi connectivity index (χ0v) is 23.1. The van der Waals surface area contributed by atoms with Gasteiger partial charge in [-0.15, -0.1) is 0 Å². The number of rotatable bonds is 4. The molecule has 0 radical (unpaired) electrons. The summed E-state index contributed by atoms with van der Waals surface area (Å²) in [4.78, 5) is 2.35. The summed E-state index contributed by atoms with van der Waals surface area (Å²) in [5.74, 6) is 0.852. The summed E-state index contributed by atoms with van der Waals surface area (Å²) in [6.45, 7) is 9.02. The molecule has 0 N–H and O–H groups in total. The predicted octanol–water partition coefficient (Wildman–Crippen LogP) is 9.52. The molecule has 0 fully saturated rings. The summed E-state index contributed by atoms with van der Waals surface area (Å²) in [5, 5.41) is 2.56. The zero-order valence-electron chi connectivity index (χ0n) is 23.1.